The monoisotopic (exact) mass is 1030 g/mol. The fourth-order valence-electron chi connectivity index (χ4n) is 6.16. The van der Waals surface area contributed by atoms with Gasteiger partial charge in [0.2, 0.25) is 0 Å². The molecule has 6 aromatic carbocycles. The minimum Gasteiger partial charge on any atom is -0.399 e. The average molecular weight is 1030 g/mol. The third-order valence-corrected chi connectivity index (χ3v) is 11.8. The van der Waals surface area contributed by atoms with Crippen molar-refractivity contribution in [3.63, 3.8) is 0 Å². The zero-order chi connectivity index (χ0) is 51.2. The van der Waals surface area contributed by atoms with E-state index in [-0.39, 0.29) is 5.02 Å². The lowest BCUT2D eigenvalue weighted by Crippen LogP contribution is -2.41. The topological polar surface area (TPSA) is 120 Å². The third kappa shape index (κ3) is 13.8. The molecule has 0 aromatic heterocycles. The Morgan fingerprint density at radius 2 is 0.942 bits per heavy atom. The summed E-state index contributed by atoms with van der Waals surface area (Å²) < 4.78 is 152. The average Bonchev–Trinajstić information content (AvgIpc) is 3.49. The maximum atomic E-state index is 13.2. The molecule has 1 heterocycles. The highest BCUT2D eigenvalue weighted by molar-refractivity contribution is 7.88. The van der Waals surface area contributed by atoms with E-state index >= 15 is 0 Å². The van der Waals surface area contributed by atoms with Crippen molar-refractivity contribution in [2.45, 2.75) is 56.8 Å². The molecular formula is C47H38BCl2F9N2O7S. The molecule has 7 rings (SSSR count). The second-order valence-corrected chi connectivity index (χ2v) is 18.1. The molecule has 1 aliphatic heterocycles. The van der Waals surface area contributed by atoms with E-state index in [1.54, 1.807) is 72.8 Å². The van der Waals surface area contributed by atoms with Gasteiger partial charge in [0.15, 0.2) is 0 Å². The zero-order valence-corrected chi connectivity index (χ0v) is 38.7. The first kappa shape index (κ1) is 53.9. The molecule has 2 N–H and O–H groups in total. The Kier molecular flexibility index (Phi) is 16.6. The number of carbonyl (C=O) groups excluding carboxylic acids is 2. The molecule has 0 unspecified atom stereocenters. The Labute approximate surface area is 400 Å². The molecule has 6 aromatic rings. The summed E-state index contributed by atoms with van der Waals surface area (Å²) in [6, 6.07) is 34.4. The standard InChI is InChI=1S/C20H21BF3NO3.C20H13ClF3NO.C7H4ClF3O3S/c1-18(2)19(3,4)28-21(27-18)15-11-7-8-12-16(15)25-17(26)13-9-5-6-10-14(13)20(22,23)24;21-14-11-9-13(10-12-14)15-5-2-4-8-18(15)25-19(26)16-6-1-3-7-17(16)20(22,23)24;8-5-1-3-6(4-2-5)14-15(12,13)7(9,10)11/h5-12H,1-4H3,(H,25,26);1-12H,(H,25,26);1-4H. The van der Waals surface area contributed by atoms with Crippen molar-refractivity contribution >= 4 is 69.1 Å². The summed E-state index contributed by atoms with van der Waals surface area (Å²) in [6.07, 6.45) is -9.23. The van der Waals surface area contributed by atoms with E-state index in [0.29, 0.717) is 27.4 Å². The van der Waals surface area contributed by atoms with Crippen molar-refractivity contribution in [2.24, 2.45) is 0 Å². The molecule has 2 amide bonds. The van der Waals surface area contributed by atoms with Gasteiger partial charge in [-0.25, -0.2) is 0 Å². The molecule has 1 fully saturated rings. The second-order valence-electron chi connectivity index (χ2n) is 15.7. The molecule has 0 radical (unpaired) electrons. The number of halogens is 11. The molecule has 364 valence electrons. The van der Waals surface area contributed by atoms with Gasteiger partial charge in [-0.15, -0.1) is 0 Å². The number of alkyl halides is 9. The van der Waals surface area contributed by atoms with Crippen LogP contribution in [0.25, 0.3) is 11.1 Å². The number of nitrogens with one attached hydrogen (secondary N) is 2. The van der Waals surface area contributed by atoms with Gasteiger partial charge in [-0.2, -0.15) is 47.9 Å². The quantitative estimate of drug-likeness (QED) is 0.0674. The molecule has 0 saturated carbocycles. The fraction of sp³-hybridized carbons (Fsp3) is 0.191. The van der Waals surface area contributed by atoms with E-state index < -0.39 is 86.1 Å². The number of anilines is 2. The Bertz CT molecular complexity index is 2870. The van der Waals surface area contributed by atoms with Crippen LogP contribution < -0.4 is 20.3 Å². The Morgan fingerprint density at radius 3 is 1.41 bits per heavy atom. The predicted octanol–water partition coefficient (Wildman–Crippen LogP) is 13.1. The van der Waals surface area contributed by atoms with Crippen LogP contribution in [0.5, 0.6) is 5.75 Å². The van der Waals surface area contributed by atoms with Crippen molar-refractivity contribution in [3.8, 4) is 16.9 Å². The number of hydrogen-bond acceptors (Lipinski definition) is 7. The van der Waals surface area contributed by atoms with Gasteiger partial charge in [0.1, 0.15) is 5.75 Å². The Morgan fingerprint density at radius 1 is 0.551 bits per heavy atom. The Hall–Kier alpha value is -6.06. The first-order valence-electron chi connectivity index (χ1n) is 20.0. The van der Waals surface area contributed by atoms with Crippen LogP contribution in [0.4, 0.5) is 50.9 Å². The molecule has 22 heteroatoms. The Balaban J connectivity index is 0.000000202. The first-order valence-corrected chi connectivity index (χ1v) is 22.2. The predicted molar refractivity (Wildman–Crippen MR) is 245 cm³/mol. The highest BCUT2D eigenvalue weighted by Crippen LogP contribution is 2.38. The van der Waals surface area contributed by atoms with Crippen LogP contribution in [0.15, 0.2) is 146 Å². The van der Waals surface area contributed by atoms with Gasteiger partial charge in [-0.3, -0.25) is 9.59 Å². The molecule has 0 aliphatic carbocycles. The summed E-state index contributed by atoms with van der Waals surface area (Å²) in [7, 11) is -6.36. The largest absolute Gasteiger partial charge is 0.534 e. The first-order chi connectivity index (χ1) is 32.0. The maximum Gasteiger partial charge on any atom is 0.534 e. The van der Waals surface area contributed by atoms with Crippen LogP contribution in [0, 0.1) is 0 Å². The lowest BCUT2D eigenvalue weighted by atomic mass is 9.77. The van der Waals surface area contributed by atoms with Crippen molar-refractivity contribution in [2.75, 3.05) is 10.6 Å². The summed E-state index contributed by atoms with van der Waals surface area (Å²) >= 11 is 11.3. The SMILES string of the molecule is CC1(C)OB(c2ccccc2NC(=O)c2ccccc2C(F)(F)F)OC1(C)C.O=C(Nc1ccccc1-c1ccc(Cl)cc1)c1ccccc1C(F)(F)F.O=S(=O)(Oc1ccc(Cl)cc1)C(F)(F)F. The summed E-state index contributed by atoms with van der Waals surface area (Å²) in [5.41, 5.74) is -6.68. The van der Waals surface area contributed by atoms with E-state index in [9.17, 15) is 57.5 Å². The van der Waals surface area contributed by atoms with Crippen molar-refractivity contribution in [3.05, 3.63) is 178 Å². The molecule has 0 atom stereocenters. The molecule has 9 nitrogen and oxygen atoms in total. The number of carbonyl (C=O) groups is 2. The smallest absolute Gasteiger partial charge is 0.399 e. The van der Waals surface area contributed by atoms with Crippen LogP contribution >= 0.6 is 23.2 Å². The van der Waals surface area contributed by atoms with E-state index in [2.05, 4.69) is 14.8 Å². The van der Waals surface area contributed by atoms with Gasteiger partial charge in [0, 0.05) is 32.4 Å². The molecule has 69 heavy (non-hydrogen) atoms. The molecule has 0 bridgehead atoms. The zero-order valence-electron chi connectivity index (χ0n) is 36.4. The fourth-order valence-corrected chi connectivity index (χ4v) is 6.87. The molecule has 1 saturated heterocycles. The number of hydrogen-bond donors (Lipinski definition) is 2. The second kappa shape index (κ2) is 21.3. The highest BCUT2D eigenvalue weighted by atomic mass is 35.5. The van der Waals surface area contributed by atoms with Gasteiger partial charge in [0.05, 0.1) is 33.5 Å². The van der Waals surface area contributed by atoms with E-state index in [4.69, 9.17) is 32.5 Å². The third-order valence-electron chi connectivity index (χ3n) is 10.3. The van der Waals surface area contributed by atoms with Crippen LogP contribution in [0.1, 0.15) is 59.5 Å². The number of rotatable bonds is 8. The van der Waals surface area contributed by atoms with Crippen molar-refractivity contribution < 1.29 is 71.0 Å². The van der Waals surface area contributed by atoms with E-state index in [1.165, 1.54) is 36.4 Å². The van der Waals surface area contributed by atoms with E-state index in [1.807, 2.05) is 27.7 Å². The van der Waals surface area contributed by atoms with Crippen LogP contribution in [-0.4, -0.2) is 44.1 Å². The highest BCUT2D eigenvalue weighted by Gasteiger charge is 2.52. The van der Waals surface area contributed by atoms with Gasteiger partial charge in [0.25, 0.3) is 11.8 Å². The lowest BCUT2D eigenvalue weighted by Gasteiger charge is -2.32. The van der Waals surface area contributed by atoms with Crippen LogP contribution in [-0.2, 0) is 31.8 Å². The summed E-state index contributed by atoms with van der Waals surface area (Å²) in [5.74, 6) is -2.12. The van der Waals surface area contributed by atoms with Crippen molar-refractivity contribution in [1.29, 1.82) is 0 Å². The van der Waals surface area contributed by atoms with Crippen LogP contribution in [0.2, 0.25) is 10.0 Å². The summed E-state index contributed by atoms with van der Waals surface area (Å²) in [6.45, 7) is 7.59. The molecule has 1 aliphatic rings. The van der Waals surface area contributed by atoms with Crippen molar-refractivity contribution in [1.82, 2.24) is 0 Å². The molecule has 0 spiro atoms. The normalized spacial score (nSPS) is 14.3. The number of para-hydroxylation sites is 2. The van der Waals surface area contributed by atoms with Gasteiger partial charge < -0.3 is 24.1 Å². The minimum atomic E-state index is -5.61. The summed E-state index contributed by atoms with van der Waals surface area (Å²) in [4.78, 5) is 25.1. The minimum absolute atomic E-state index is 0.256. The summed E-state index contributed by atoms with van der Waals surface area (Å²) in [5, 5.41) is 5.97. The van der Waals surface area contributed by atoms with E-state index in [0.717, 1.165) is 42.0 Å². The molecular weight excluding hydrogens is 989 g/mol. The lowest BCUT2D eigenvalue weighted by molar-refractivity contribution is -0.138. The van der Waals surface area contributed by atoms with Gasteiger partial charge in [-0.1, -0.05) is 96.0 Å². The number of benzene rings is 6. The maximum absolute atomic E-state index is 13.2. The van der Waals surface area contributed by atoms with Crippen LogP contribution in [0.3, 0.4) is 0 Å². The van der Waals surface area contributed by atoms with Gasteiger partial charge >= 0.3 is 35.1 Å². The number of amides is 2. The van der Waals surface area contributed by atoms with Gasteiger partial charge in [-0.05, 0) is 106 Å².